The standard InChI is InChI=1S/C18H31NO2/c1-3-19-18(2,16-20)13-7-8-14-21-15-9-12-17-10-5-4-6-11-17/h4-6,10-11,19-20H,3,7-9,12-16H2,1-2H3. The molecule has 3 nitrogen and oxygen atoms in total. The Morgan fingerprint density at radius 1 is 1.10 bits per heavy atom. The van der Waals surface area contributed by atoms with E-state index in [1.165, 1.54) is 5.56 Å². The Labute approximate surface area is 129 Å². The molecule has 1 unspecified atom stereocenters. The molecule has 3 heteroatoms. The first-order chi connectivity index (χ1) is 10.2. The number of rotatable bonds is 12. The van der Waals surface area contributed by atoms with Crippen molar-refractivity contribution in [3.05, 3.63) is 35.9 Å². The number of nitrogens with one attached hydrogen (secondary N) is 1. The predicted octanol–water partition coefficient (Wildman–Crippen LogP) is 3.17. The number of aliphatic hydroxyl groups is 1. The van der Waals surface area contributed by atoms with Gasteiger partial charge in [-0.1, -0.05) is 37.3 Å². The molecule has 1 atom stereocenters. The Bertz CT molecular complexity index is 355. The second kappa shape index (κ2) is 10.8. The third-order valence-corrected chi connectivity index (χ3v) is 3.82. The van der Waals surface area contributed by atoms with Crippen LogP contribution in [0.25, 0.3) is 0 Å². The summed E-state index contributed by atoms with van der Waals surface area (Å²) in [6.45, 7) is 6.90. The van der Waals surface area contributed by atoms with E-state index in [0.29, 0.717) is 0 Å². The molecule has 0 saturated carbocycles. The molecule has 0 fully saturated rings. The maximum Gasteiger partial charge on any atom is 0.0610 e. The lowest BCUT2D eigenvalue weighted by molar-refractivity contribution is 0.120. The Kier molecular flexibility index (Phi) is 9.31. The normalized spacial score (nSPS) is 14.0. The van der Waals surface area contributed by atoms with Crippen LogP contribution in [0.15, 0.2) is 30.3 Å². The molecule has 0 aromatic heterocycles. The smallest absolute Gasteiger partial charge is 0.0610 e. The van der Waals surface area contributed by atoms with Crippen LogP contribution >= 0.6 is 0 Å². The zero-order valence-corrected chi connectivity index (χ0v) is 13.6. The van der Waals surface area contributed by atoms with Crippen LogP contribution in [-0.2, 0) is 11.2 Å². The summed E-state index contributed by atoms with van der Waals surface area (Å²) in [5, 5.41) is 12.8. The van der Waals surface area contributed by atoms with Crippen molar-refractivity contribution in [1.82, 2.24) is 5.32 Å². The van der Waals surface area contributed by atoms with Gasteiger partial charge < -0.3 is 15.2 Å². The highest BCUT2D eigenvalue weighted by Gasteiger charge is 2.20. The summed E-state index contributed by atoms with van der Waals surface area (Å²) >= 11 is 0. The lowest BCUT2D eigenvalue weighted by Crippen LogP contribution is -2.45. The lowest BCUT2D eigenvalue weighted by atomic mass is 9.96. The van der Waals surface area contributed by atoms with Gasteiger partial charge in [0, 0.05) is 18.8 Å². The summed E-state index contributed by atoms with van der Waals surface area (Å²) < 4.78 is 5.68. The molecule has 0 aliphatic heterocycles. The highest BCUT2D eigenvalue weighted by atomic mass is 16.5. The summed E-state index contributed by atoms with van der Waals surface area (Å²) in [5.41, 5.74) is 1.24. The molecule has 2 N–H and O–H groups in total. The number of aryl methyl sites for hydroxylation is 1. The van der Waals surface area contributed by atoms with E-state index in [4.69, 9.17) is 4.74 Å². The molecular formula is C18H31NO2. The second-order valence-corrected chi connectivity index (χ2v) is 5.91. The SMILES string of the molecule is CCNC(C)(CO)CCCCOCCCc1ccccc1. The summed E-state index contributed by atoms with van der Waals surface area (Å²) in [5.74, 6) is 0. The molecule has 0 radical (unpaired) electrons. The Morgan fingerprint density at radius 2 is 1.81 bits per heavy atom. The number of aliphatic hydroxyl groups excluding tert-OH is 1. The molecule has 0 aliphatic rings. The van der Waals surface area contributed by atoms with E-state index in [1.807, 2.05) is 6.07 Å². The average molecular weight is 293 g/mol. The van der Waals surface area contributed by atoms with E-state index >= 15 is 0 Å². The predicted molar refractivity (Wildman–Crippen MR) is 88.6 cm³/mol. The molecule has 1 rings (SSSR count). The van der Waals surface area contributed by atoms with Gasteiger partial charge in [0.1, 0.15) is 0 Å². The van der Waals surface area contributed by atoms with Crippen LogP contribution in [0.1, 0.15) is 45.1 Å². The van der Waals surface area contributed by atoms with Gasteiger partial charge in [0.2, 0.25) is 0 Å². The molecule has 0 bridgehead atoms. The van der Waals surface area contributed by atoms with Gasteiger partial charge in [-0.15, -0.1) is 0 Å². The summed E-state index contributed by atoms with van der Waals surface area (Å²) in [6.07, 6.45) is 5.30. The van der Waals surface area contributed by atoms with E-state index in [0.717, 1.165) is 51.9 Å². The maximum atomic E-state index is 9.40. The van der Waals surface area contributed by atoms with Gasteiger partial charge in [-0.3, -0.25) is 0 Å². The molecule has 1 aromatic carbocycles. The first kappa shape index (κ1) is 18.1. The van der Waals surface area contributed by atoms with Crippen molar-refractivity contribution in [2.24, 2.45) is 0 Å². The summed E-state index contributed by atoms with van der Waals surface area (Å²) in [4.78, 5) is 0. The Balaban J connectivity index is 1.97. The number of ether oxygens (including phenoxy) is 1. The minimum atomic E-state index is -0.137. The van der Waals surface area contributed by atoms with Crippen molar-refractivity contribution in [3.63, 3.8) is 0 Å². The number of likely N-dealkylation sites (N-methyl/N-ethyl adjacent to an activating group) is 1. The third kappa shape index (κ3) is 8.20. The molecule has 0 aliphatic carbocycles. The van der Waals surface area contributed by atoms with Gasteiger partial charge in [0.05, 0.1) is 6.61 Å². The Morgan fingerprint density at radius 3 is 2.48 bits per heavy atom. The molecule has 120 valence electrons. The van der Waals surface area contributed by atoms with Gasteiger partial charge in [0.15, 0.2) is 0 Å². The van der Waals surface area contributed by atoms with Crippen molar-refractivity contribution < 1.29 is 9.84 Å². The van der Waals surface area contributed by atoms with Crippen LogP contribution in [-0.4, -0.2) is 37.0 Å². The quantitative estimate of drug-likeness (QED) is 0.582. The first-order valence-electron chi connectivity index (χ1n) is 8.18. The fourth-order valence-electron chi connectivity index (χ4n) is 2.49. The molecule has 0 heterocycles. The zero-order chi connectivity index (χ0) is 15.4. The van der Waals surface area contributed by atoms with E-state index in [1.54, 1.807) is 0 Å². The number of benzene rings is 1. The fourth-order valence-corrected chi connectivity index (χ4v) is 2.49. The molecule has 1 aromatic rings. The first-order valence-corrected chi connectivity index (χ1v) is 8.18. The Hall–Kier alpha value is -0.900. The monoisotopic (exact) mass is 293 g/mol. The van der Waals surface area contributed by atoms with Crippen LogP contribution in [0.4, 0.5) is 0 Å². The molecule has 21 heavy (non-hydrogen) atoms. The van der Waals surface area contributed by atoms with Crippen LogP contribution in [0.3, 0.4) is 0 Å². The van der Waals surface area contributed by atoms with Crippen LogP contribution in [0.2, 0.25) is 0 Å². The van der Waals surface area contributed by atoms with Gasteiger partial charge >= 0.3 is 0 Å². The topological polar surface area (TPSA) is 41.5 Å². The summed E-state index contributed by atoms with van der Waals surface area (Å²) in [7, 11) is 0. The minimum Gasteiger partial charge on any atom is -0.394 e. The van der Waals surface area contributed by atoms with Gasteiger partial charge in [-0.05, 0) is 51.1 Å². The van der Waals surface area contributed by atoms with Crippen molar-refractivity contribution >= 4 is 0 Å². The second-order valence-electron chi connectivity index (χ2n) is 5.91. The highest BCUT2D eigenvalue weighted by Crippen LogP contribution is 2.13. The van der Waals surface area contributed by atoms with Crippen LogP contribution < -0.4 is 5.32 Å². The third-order valence-electron chi connectivity index (χ3n) is 3.82. The minimum absolute atomic E-state index is 0.137. The molecular weight excluding hydrogens is 262 g/mol. The van der Waals surface area contributed by atoms with Crippen molar-refractivity contribution in [1.29, 1.82) is 0 Å². The molecule has 0 spiro atoms. The van der Waals surface area contributed by atoms with Crippen LogP contribution in [0.5, 0.6) is 0 Å². The van der Waals surface area contributed by atoms with E-state index < -0.39 is 0 Å². The fraction of sp³-hybridized carbons (Fsp3) is 0.667. The van der Waals surface area contributed by atoms with Gasteiger partial charge in [0.25, 0.3) is 0 Å². The van der Waals surface area contributed by atoms with Crippen molar-refractivity contribution in [3.8, 4) is 0 Å². The summed E-state index contributed by atoms with van der Waals surface area (Å²) in [6, 6.07) is 10.5. The number of hydrogen-bond donors (Lipinski definition) is 2. The molecule has 0 amide bonds. The number of hydrogen-bond acceptors (Lipinski definition) is 3. The highest BCUT2D eigenvalue weighted by molar-refractivity contribution is 5.14. The largest absolute Gasteiger partial charge is 0.394 e. The van der Waals surface area contributed by atoms with Crippen LogP contribution in [0, 0.1) is 0 Å². The van der Waals surface area contributed by atoms with Crippen molar-refractivity contribution in [2.75, 3.05) is 26.4 Å². The zero-order valence-electron chi connectivity index (χ0n) is 13.6. The van der Waals surface area contributed by atoms with E-state index in [9.17, 15) is 5.11 Å². The average Bonchev–Trinajstić information content (AvgIpc) is 2.51. The van der Waals surface area contributed by atoms with Gasteiger partial charge in [-0.2, -0.15) is 0 Å². The van der Waals surface area contributed by atoms with E-state index in [2.05, 4.69) is 43.4 Å². The van der Waals surface area contributed by atoms with E-state index in [-0.39, 0.29) is 12.1 Å². The maximum absolute atomic E-state index is 9.40. The molecule has 0 saturated heterocycles. The lowest BCUT2D eigenvalue weighted by Gasteiger charge is -2.28. The van der Waals surface area contributed by atoms with Crippen molar-refractivity contribution in [2.45, 2.75) is 51.5 Å². The number of unbranched alkanes of at least 4 members (excludes halogenated alkanes) is 1. The van der Waals surface area contributed by atoms with Gasteiger partial charge in [-0.25, -0.2) is 0 Å².